The van der Waals surface area contributed by atoms with E-state index in [1.807, 2.05) is 18.2 Å². The lowest BCUT2D eigenvalue weighted by molar-refractivity contribution is 0.0947. The van der Waals surface area contributed by atoms with Gasteiger partial charge in [-0.1, -0.05) is 0 Å². The minimum Gasteiger partial charge on any atom is -0.381 e. The number of benzene rings is 1. The Morgan fingerprint density at radius 1 is 1.24 bits per heavy atom. The molecule has 0 fully saturated rings. The Bertz CT molecular complexity index is 1260. The van der Waals surface area contributed by atoms with Gasteiger partial charge < -0.3 is 21.7 Å². The third-order valence-electron chi connectivity index (χ3n) is 4.76. The number of nitrogens with zero attached hydrogens (tertiary/aromatic N) is 3. The van der Waals surface area contributed by atoms with Crippen molar-refractivity contribution in [3.63, 3.8) is 0 Å². The number of halogens is 1. The van der Waals surface area contributed by atoms with Crippen LogP contribution in [0.25, 0.3) is 21.0 Å². The Kier molecular flexibility index (Phi) is 4.22. The molecule has 1 aliphatic rings. The van der Waals surface area contributed by atoms with Crippen LogP contribution in [-0.2, 0) is 0 Å². The van der Waals surface area contributed by atoms with Gasteiger partial charge in [0.05, 0.1) is 17.2 Å². The zero-order valence-electron chi connectivity index (χ0n) is 15.1. The number of carbonyl (C=O) groups is 1. The number of rotatable bonds is 3. The van der Waals surface area contributed by atoms with Crippen molar-refractivity contribution in [1.29, 1.82) is 0 Å². The average molecular weight is 409 g/mol. The SMILES string of the molecule is NCC1CNc2c(sc3ccc4nc(Nc5cc(F)ncn5)ccc4c23)C(=O)N1. The quantitative estimate of drug-likeness (QED) is 0.384. The van der Waals surface area contributed by atoms with Crippen LogP contribution in [0, 0.1) is 5.95 Å². The molecule has 29 heavy (non-hydrogen) atoms. The maximum Gasteiger partial charge on any atom is 0.263 e. The van der Waals surface area contributed by atoms with Crippen molar-refractivity contribution in [2.75, 3.05) is 23.7 Å². The molecule has 4 heterocycles. The van der Waals surface area contributed by atoms with Gasteiger partial charge in [0.15, 0.2) is 0 Å². The molecule has 8 nitrogen and oxygen atoms in total. The highest BCUT2D eigenvalue weighted by molar-refractivity contribution is 7.21. The first-order chi connectivity index (χ1) is 14.1. The summed E-state index contributed by atoms with van der Waals surface area (Å²) in [6, 6.07) is 8.67. The molecule has 1 aromatic carbocycles. The molecule has 1 amide bonds. The lowest BCUT2D eigenvalue weighted by Crippen LogP contribution is -2.42. The van der Waals surface area contributed by atoms with E-state index in [-0.39, 0.29) is 11.9 Å². The second-order valence-electron chi connectivity index (χ2n) is 6.65. The van der Waals surface area contributed by atoms with Crippen LogP contribution in [0.15, 0.2) is 36.7 Å². The van der Waals surface area contributed by atoms with Gasteiger partial charge in [0.2, 0.25) is 5.95 Å². The number of hydrogen-bond acceptors (Lipinski definition) is 8. The number of aromatic nitrogens is 3. The number of anilines is 3. The van der Waals surface area contributed by atoms with E-state index in [1.54, 1.807) is 6.07 Å². The molecular formula is C19H16FN7OS. The molecule has 3 aromatic heterocycles. The van der Waals surface area contributed by atoms with Crippen molar-refractivity contribution in [2.24, 2.45) is 5.73 Å². The number of nitrogens with two attached hydrogens (primary N) is 1. The highest BCUT2D eigenvalue weighted by Crippen LogP contribution is 2.41. The molecule has 5 N–H and O–H groups in total. The lowest BCUT2D eigenvalue weighted by atomic mass is 10.1. The van der Waals surface area contributed by atoms with Crippen LogP contribution >= 0.6 is 11.3 Å². The third kappa shape index (κ3) is 3.12. The first-order valence-corrected chi connectivity index (χ1v) is 9.79. The van der Waals surface area contributed by atoms with Gasteiger partial charge in [0.1, 0.15) is 22.8 Å². The predicted molar refractivity (Wildman–Crippen MR) is 111 cm³/mol. The second-order valence-corrected chi connectivity index (χ2v) is 7.70. The Morgan fingerprint density at radius 3 is 2.97 bits per heavy atom. The number of pyridine rings is 1. The molecule has 1 atom stereocenters. The number of carbonyl (C=O) groups excluding carboxylic acids is 1. The van der Waals surface area contributed by atoms with Crippen LogP contribution in [0.5, 0.6) is 0 Å². The molecule has 5 rings (SSSR count). The first kappa shape index (κ1) is 17.7. The van der Waals surface area contributed by atoms with Crippen LogP contribution in [0.3, 0.4) is 0 Å². The molecule has 0 saturated carbocycles. The maximum atomic E-state index is 13.3. The number of amides is 1. The summed E-state index contributed by atoms with van der Waals surface area (Å²) in [6.07, 6.45) is 1.15. The van der Waals surface area contributed by atoms with Crippen molar-refractivity contribution in [2.45, 2.75) is 6.04 Å². The highest BCUT2D eigenvalue weighted by atomic mass is 32.1. The molecule has 10 heteroatoms. The van der Waals surface area contributed by atoms with E-state index in [1.165, 1.54) is 17.4 Å². The molecule has 1 aliphatic heterocycles. The summed E-state index contributed by atoms with van der Waals surface area (Å²) >= 11 is 1.44. The summed E-state index contributed by atoms with van der Waals surface area (Å²) in [7, 11) is 0. The topological polar surface area (TPSA) is 118 Å². The van der Waals surface area contributed by atoms with Gasteiger partial charge in [0.25, 0.3) is 5.91 Å². The largest absolute Gasteiger partial charge is 0.381 e. The number of hydrogen-bond donors (Lipinski definition) is 4. The molecule has 0 saturated heterocycles. The summed E-state index contributed by atoms with van der Waals surface area (Å²) in [5.41, 5.74) is 7.29. The maximum absolute atomic E-state index is 13.3. The minimum absolute atomic E-state index is 0.116. The molecule has 1 unspecified atom stereocenters. The number of nitrogens with one attached hydrogen (secondary N) is 3. The van der Waals surface area contributed by atoms with Gasteiger partial charge in [-0.3, -0.25) is 4.79 Å². The van der Waals surface area contributed by atoms with Gasteiger partial charge in [-0.2, -0.15) is 4.39 Å². The highest BCUT2D eigenvalue weighted by Gasteiger charge is 2.25. The summed E-state index contributed by atoms with van der Waals surface area (Å²) in [6.45, 7) is 0.927. The average Bonchev–Trinajstić information content (AvgIpc) is 3.02. The number of thiophene rings is 1. The van der Waals surface area contributed by atoms with E-state index in [0.29, 0.717) is 29.6 Å². The Hall–Kier alpha value is -3.37. The summed E-state index contributed by atoms with van der Waals surface area (Å²) in [5.74, 6) is 0.115. The van der Waals surface area contributed by atoms with Gasteiger partial charge in [0, 0.05) is 34.6 Å². The monoisotopic (exact) mass is 409 g/mol. The summed E-state index contributed by atoms with van der Waals surface area (Å²) in [5, 5.41) is 11.2. The predicted octanol–water partition coefficient (Wildman–Crippen LogP) is 2.60. The van der Waals surface area contributed by atoms with E-state index >= 15 is 0 Å². The van der Waals surface area contributed by atoms with Gasteiger partial charge >= 0.3 is 0 Å². The fourth-order valence-electron chi connectivity index (χ4n) is 3.40. The fraction of sp³-hybridized carbons (Fsp3) is 0.158. The zero-order chi connectivity index (χ0) is 20.0. The lowest BCUT2D eigenvalue weighted by Gasteiger charge is -2.13. The smallest absolute Gasteiger partial charge is 0.263 e. The standard InChI is InChI=1S/C19H16FN7OS/c20-13-5-15(24-8-23-13)27-14-4-1-10-11(26-14)2-3-12-16(10)17-18(29-12)19(28)25-9(6-21)7-22-17/h1-5,8-9,22H,6-7,21H2,(H,25,28)(H,23,24,26,27). The van der Waals surface area contributed by atoms with Crippen molar-refractivity contribution in [1.82, 2.24) is 20.3 Å². The van der Waals surface area contributed by atoms with Crippen LogP contribution in [0.1, 0.15) is 9.67 Å². The molecule has 0 spiro atoms. The minimum atomic E-state index is -0.619. The molecule has 0 bridgehead atoms. The van der Waals surface area contributed by atoms with Gasteiger partial charge in [-0.05, 0) is 24.3 Å². The van der Waals surface area contributed by atoms with E-state index in [0.717, 1.165) is 33.0 Å². The zero-order valence-corrected chi connectivity index (χ0v) is 15.9. The van der Waals surface area contributed by atoms with E-state index in [4.69, 9.17) is 5.73 Å². The van der Waals surface area contributed by atoms with Gasteiger partial charge in [-0.25, -0.2) is 15.0 Å². The molecule has 146 valence electrons. The van der Waals surface area contributed by atoms with Gasteiger partial charge in [-0.15, -0.1) is 11.3 Å². The Morgan fingerprint density at radius 2 is 2.14 bits per heavy atom. The Labute approximate surface area is 168 Å². The van der Waals surface area contributed by atoms with Crippen LogP contribution < -0.4 is 21.7 Å². The first-order valence-electron chi connectivity index (χ1n) is 8.98. The van der Waals surface area contributed by atoms with Crippen LogP contribution in [0.2, 0.25) is 0 Å². The second kappa shape index (κ2) is 6.90. The summed E-state index contributed by atoms with van der Waals surface area (Å²) in [4.78, 5) is 25.3. The third-order valence-corrected chi connectivity index (χ3v) is 5.92. The molecule has 0 aliphatic carbocycles. The van der Waals surface area contributed by atoms with E-state index in [2.05, 4.69) is 30.9 Å². The van der Waals surface area contributed by atoms with Crippen molar-refractivity contribution < 1.29 is 9.18 Å². The van der Waals surface area contributed by atoms with E-state index < -0.39 is 5.95 Å². The van der Waals surface area contributed by atoms with Crippen LogP contribution in [0.4, 0.5) is 21.7 Å². The fourth-order valence-corrected chi connectivity index (χ4v) is 4.50. The summed E-state index contributed by atoms with van der Waals surface area (Å²) < 4.78 is 14.3. The normalized spacial score (nSPS) is 16.2. The van der Waals surface area contributed by atoms with E-state index in [9.17, 15) is 9.18 Å². The van der Waals surface area contributed by atoms with Crippen molar-refractivity contribution in [3.8, 4) is 0 Å². The van der Waals surface area contributed by atoms with Crippen molar-refractivity contribution in [3.05, 3.63) is 47.5 Å². The molecule has 0 radical (unpaired) electrons. The van der Waals surface area contributed by atoms with Crippen molar-refractivity contribution >= 4 is 55.6 Å². The number of fused-ring (bicyclic) bond motifs is 5. The molecular weight excluding hydrogens is 393 g/mol. The van der Waals surface area contributed by atoms with Crippen LogP contribution in [-0.4, -0.2) is 40.0 Å². The molecule has 4 aromatic rings. The Balaban J connectivity index is 1.59.